The Morgan fingerprint density at radius 1 is 0.844 bits per heavy atom. The number of aryl methyl sites for hydroxylation is 2. The fraction of sp³-hybridized carbons (Fsp3) is 0.120. The first-order chi connectivity index (χ1) is 15.3. The first-order valence-corrected chi connectivity index (χ1v) is 10.6. The largest absolute Gasteiger partial charge is 0.497 e. The summed E-state index contributed by atoms with van der Waals surface area (Å²) in [5.41, 5.74) is 3.80. The molecule has 1 aliphatic heterocycles. The van der Waals surface area contributed by atoms with Crippen molar-refractivity contribution in [2.45, 2.75) is 13.8 Å². The number of anilines is 2. The van der Waals surface area contributed by atoms with Crippen LogP contribution in [0.25, 0.3) is 5.57 Å². The van der Waals surface area contributed by atoms with Crippen LogP contribution in [0.1, 0.15) is 16.7 Å². The molecule has 1 heterocycles. The molecule has 1 aliphatic rings. The smallest absolute Gasteiger partial charge is 0.282 e. The number of hydrogen-bond donors (Lipinski definition) is 1. The topological polar surface area (TPSA) is 58.6 Å². The summed E-state index contributed by atoms with van der Waals surface area (Å²) in [5, 5.41) is 4.14. The highest BCUT2D eigenvalue weighted by Gasteiger charge is 2.40. The monoisotopic (exact) mass is 466 g/mol. The second-order valence-corrected chi connectivity index (χ2v) is 8.29. The van der Waals surface area contributed by atoms with Crippen molar-refractivity contribution in [3.05, 3.63) is 93.1 Å². The maximum Gasteiger partial charge on any atom is 0.282 e. The number of imide groups is 1. The highest BCUT2D eigenvalue weighted by atomic mass is 35.5. The predicted molar refractivity (Wildman–Crippen MR) is 128 cm³/mol. The fourth-order valence-corrected chi connectivity index (χ4v) is 3.84. The van der Waals surface area contributed by atoms with E-state index in [2.05, 4.69) is 5.32 Å². The SMILES string of the molecule is COc1ccc(C2=C(Nc3cc(Cl)ccc3C)C(=O)N(c3ccc(C)c(Cl)c3)C2=O)cc1. The third kappa shape index (κ3) is 3.97. The van der Waals surface area contributed by atoms with Gasteiger partial charge in [0, 0.05) is 15.7 Å². The van der Waals surface area contributed by atoms with Crippen molar-refractivity contribution >= 4 is 52.0 Å². The van der Waals surface area contributed by atoms with E-state index in [4.69, 9.17) is 27.9 Å². The maximum absolute atomic E-state index is 13.5. The Kier molecular flexibility index (Phi) is 5.96. The van der Waals surface area contributed by atoms with Gasteiger partial charge in [0.05, 0.1) is 18.4 Å². The van der Waals surface area contributed by atoms with Crippen molar-refractivity contribution < 1.29 is 14.3 Å². The summed E-state index contributed by atoms with van der Waals surface area (Å²) in [6.07, 6.45) is 0. The standard InChI is InChI=1S/C25H20Cl2N2O3/c1-14-5-9-18(13-20(14)27)29-24(30)22(16-6-10-19(32-3)11-7-16)23(25(29)31)28-21-12-17(26)8-4-15(21)2/h4-13,28H,1-3H3. The number of carbonyl (C=O) groups is 2. The van der Waals surface area contributed by atoms with E-state index in [1.807, 2.05) is 19.9 Å². The molecule has 0 aliphatic carbocycles. The van der Waals surface area contributed by atoms with E-state index in [0.717, 1.165) is 16.0 Å². The molecule has 0 saturated carbocycles. The minimum absolute atomic E-state index is 0.169. The number of hydrogen-bond acceptors (Lipinski definition) is 4. The molecule has 0 radical (unpaired) electrons. The molecule has 0 saturated heterocycles. The van der Waals surface area contributed by atoms with Crippen molar-refractivity contribution in [1.29, 1.82) is 0 Å². The van der Waals surface area contributed by atoms with Crippen LogP contribution in [-0.2, 0) is 9.59 Å². The summed E-state index contributed by atoms with van der Waals surface area (Å²) < 4.78 is 5.22. The molecule has 0 atom stereocenters. The molecule has 0 fully saturated rings. The van der Waals surface area contributed by atoms with Gasteiger partial charge in [-0.05, 0) is 66.9 Å². The zero-order chi connectivity index (χ0) is 23.0. The molecule has 3 aromatic rings. The van der Waals surface area contributed by atoms with Crippen LogP contribution in [0.5, 0.6) is 5.75 Å². The zero-order valence-electron chi connectivity index (χ0n) is 17.7. The van der Waals surface area contributed by atoms with Gasteiger partial charge in [0.2, 0.25) is 0 Å². The van der Waals surface area contributed by atoms with Gasteiger partial charge in [-0.2, -0.15) is 0 Å². The first kappa shape index (κ1) is 21.9. The van der Waals surface area contributed by atoms with Crippen LogP contribution in [0, 0.1) is 13.8 Å². The van der Waals surface area contributed by atoms with Crippen LogP contribution in [0.3, 0.4) is 0 Å². The van der Waals surface area contributed by atoms with Crippen molar-refractivity contribution in [2.75, 3.05) is 17.3 Å². The minimum Gasteiger partial charge on any atom is -0.497 e. The summed E-state index contributed by atoms with van der Waals surface area (Å²) in [6, 6.07) is 17.4. The minimum atomic E-state index is -0.472. The molecular weight excluding hydrogens is 447 g/mol. The summed E-state index contributed by atoms with van der Waals surface area (Å²) in [4.78, 5) is 28.2. The van der Waals surface area contributed by atoms with E-state index in [1.165, 1.54) is 0 Å². The van der Waals surface area contributed by atoms with Crippen LogP contribution < -0.4 is 15.0 Å². The van der Waals surface area contributed by atoms with Gasteiger partial charge < -0.3 is 10.1 Å². The molecule has 5 nitrogen and oxygen atoms in total. The normalized spacial score (nSPS) is 13.7. The van der Waals surface area contributed by atoms with Gasteiger partial charge in [-0.1, -0.05) is 47.5 Å². The molecule has 4 rings (SSSR count). The summed E-state index contributed by atoms with van der Waals surface area (Å²) in [7, 11) is 1.57. The van der Waals surface area contributed by atoms with Gasteiger partial charge in [0.1, 0.15) is 11.4 Å². The highest BCUT2D eigenvalue weighted by Crippen LogP contribution is 2.36. The lowest BCUT2D eigenvalue weighted by Crippen LogP contribution is -2.32. The number of halogens is 2. The molecule has 0 unspecified atom stereocenters. The van der Waals surface area contributed by atoms with Gasteiger partial charge in [0.25, 0.3) is 11.8 Å². The lowest BCUT2D eigenvalue weighted by Gasteiger charge is -2.16. The molecule has 1 N–H and O–H groups in total. The zero-order valence-corrected chi connectivity index (χ0v) is 19.2. The van der Waals surface area contributed by atoms with Crippen molar-refractivity contribution in [3.8, 4) is 5.75 Å². The lowest BCUT2D eigenvalue weighted by molar-refractivity contribution is -0.120. The maximum atomic E-state index is 13.5. The van der Waals surface area contributed by atoms with Gasteiger partial charge in [-0.15, -0.1) is 0 Å². The van der Waals surface area contributed by atoms with Gasteiger partial charge in [0.15, 0.2) is 0 Å². The van der Waals surface area contributed by atoms with E-state index >= 15 is 0 Å². The average molecular weight is 467 g/mol. The van der Waals surface area contributed by atoms with E-state index in [1.54, 1.807) is 61.7 Å². The van der Waals surface area contributed by atoms with Crippen LogP contribution in [0.2, 0.25) is 10.0 Å². The first-order valence-electron chi connectivity index (χ1n) is 9.87. The molecule has 0 bridgehead atoms. The Balaban J connectivity index is 1.84. The summed E-state index contributed by atoms with van der Waals surface area (Å²) in [5.74, 6) is -0.268. The summed E-state index contributed by atoms with van der Waals surface area (Å²) in [6.45, 7) is 3.75. The highest BCUT2D eigenvalue weighted by molar-refractivity contribution is 6.46. The van der Waals surface area contributed by atoms with Gasteiger partial charge in [-0.3, -0.25) is 9.59 Å². The van der Waals surface area contributed by atoms with Crippen LogP contribution in [0.4, 0.5) is 11.4 Å². The van der Waals surface area contributed by atoms with Crippen LogP contribution in [-0.4, -0.2) is 18.9 Å². The number of methoxy groups -OCH3 is 1. The van der Waals surface area contributed by atoms with Gasteiger partial charge >= 0.3 is 0 Å². The van der Waals surface area contributed by atoms with Crippen molar-refractivity contribution in [2.24, 2.45) is 0 Å². The molecule has 2 amide bonds. The Bertz CT molecular complexity index is 1270. The van der Waals surface area contributed by atoms with E-state index < -0.39 is 11.8 Å². The third-order valence-electron chi connectivity index (χ3n) is 5.34. The number of nitrogens with one attached hydrogen (secondary N) is 1. The molecule has 32 heavy (non-hydrogen) atoms. The van der Waals surface area contributed by atoms with Crippen LogP contribution >= 0.6 is 23.2 Å². The van der Waals surface area contributed by atoms with E-state index in [0.29, 0.717) is 32.7 Å². The van der Waals surface area contributed by atoms with Crippen molar-refractivity contribution in [3.63, 3.8) is 0 Å². The second-order valence-electron chi connectivity index (χ2n) is 7.44. The fourth-order valence-electron chi connectivity index (χ4n) is 3.49. The number of nitrogens with zero attached hydrogens (tertiary/aromatic N) is 1. The predicted octanol–water partition coefficient (Wildman–Crippen LogP) is 6.02. The number of amides is 2. The molecule has 3 aromatic carbocycles. The number of carbonyl (C=O) groups excluding carboxylic acids is 2. The van der Waals surface area contributed by atoms with E-state index in [9.17, 15) is 9.59 Å². The van der Waals surface area contributed by atoms with Crippen molar-refractivity contribution in [1.82, 2.24) is 0 Å². The number of benzene rings is 3. The Hall–Kier alpha value is -3.28. The second kappa shape index (κ2) is 8.69. The molecule has 0 aromatic heterocycles. The molecule has 7 heteroatoms. The quantitative estimate of drug-likeness (QED) is 0.467. The Labute approximate surface area is 196 Å². The average Bonchev–Trinajstić information content (AvgIpc) is 3.02. The molecule has 162 valence electrons. The Morgan fingerprint density at radius 2 is 1.53 bits per heavy atom. The van der Waals surface area contributed by atoms with Crippen LogP contribution in [0.15, 0.2) is 66.4 Å². The molecule has 0 spiro atoms. The van der Waals surface area contributed by atoms with Gasteiger partial charge in [-0.25, -0.2) is 4.90 Å². The third-order valence-corrected chi connectivity index (χ3v) is 5.98. The molecular formula is C25H20Cl2N2O3. The Morgan fingerprint density at radius 3 is 2.19 bits per heavy atom. The summed E-state index contributed by atoms with van der Waals surface area (Å²) >= 11 is 12.4. The van der Waals surface area contributed by atoms with E-state index in [-0.39, 0.29) is 11.3 Å². The number of rotatable bonds is 5. The lowest BCUT2D eigenvalue weighted by atomic mass is 10.0. The number of ether oxygens (including phenoxy) is 1.